The monoisotopic (exact) mass is 425 g/mol. The molecular formula is C24H35N5O2. The molecule has 0 spiro atoms. The quantitative estimate of drug-likeness (QED) is 0.787. The van der Waals surface area contributed by atoms with Crippen LogP contribution in [0.5, 0.6) is 0 Å². The van der Waals surface area contributed by atoms with Crippen molar-refractivity contribution < 1.29 is 9.59 Å². The number of hydrogen-bond donors (Lipinski definition) is 1. The van der Waals surface area contributed by atoms with Gasteiger partial charge >= 0.3 is 6.03 Å². The van der Waals surface area contributed by atoms with Crippen molar-refractivity contribution in [3.05, 3.63) is 35.9 Å². The number of piperidine rings is 3. The zero-order valence-electron chi connectivity index (χ0n) is 18.8. The molecule has 1 aromatic rings. The van der Waals surface area contributed by atoms with Crippen molar-refractivity contribution in [2.75, 3.05) is 66.5 Å². The van der Waals surface area contributed by atoms with Gasteiger partial charge in [-0.2, -0.15) is 0 Å². The molecule has 1 N–H and O–H groups in total. The molecule has 6 rings (SSSR count). The highest BCUT2D eigenvalue weighted by molar-refractivity contribution is 5.80. The van der Waals surface area contributed by atoms with Crippen LogP contribution >= 0.6 is 0 Å². The van der Waals surface area contributed by atoms with E-state index in [0.29, 0.717) is 19.0 Å². The normalized spacial score (nSPS) is 35.0. The molecule has 5 saturated heterocycles. The van der Waals surface area contributed by atoms with Gasteiger partial charge in [0.2, 0.25) is 5.91 Å². The van der Waals surface area contributed by atoms with Gasteiger partial charge in [0.05, 0.1) is 0 Å². The molecule has 0 radical (unpaired) electrons. The predicted octanol–water partition coefficient (Wildman–Crippen LogP) is 1.06. The average molecular weight is 426 g/mol. The minimum absolute atomic E-state index is 0.000905. The van der Waals surface area contributed by atoms with E-state index in [1.807, 2.05) is 4.90 Å². The third-order valence-corrected chi connectivity index (χ3v) is 7.96. The van der Waals surface area contributed by atoms with Gasteiger partial charge < -0.3 is 24.9 Å². The van der Waals surface area contributed by atoms with Gasteiger partial charge in [0.15, 0.2) is 0 Å². The molecule has 4 bridgehead atoms. The molecule has 7 nitrogen and oxygen atoms in total. The third-order valence-electron chi connectivity index (χ3n) is 7.96. The molecule has 0 aliphatic carbocycles. The number of nitrogens with one attached hydrogen (secondary N) is 1. The Bertz CT molecular complexity index is 805. The van der Waals surface area contributed by atoms with Crippen molar-refractivity contribution in [3.8, 4) is 0 Å². The first kappa shape index (κ1) is 20.8. The number of likely N-dealkylation sites (tertiary alicyclic amines) is 1. The zero-order chi connectivity index (χ0) is 21.6. The van der Waals surface area contributed by atoms with Gasteiger partial charge in [-0.3, -0.25) is 4.79 Å². The maximum atomic E-state index is 13.4. The minimum Gasteiger partial charge on any atom is -0.352 e. The molecule has 0 aromatic heterocycles. The number of carbonyl (C=O) groups is 2. The summed E-state index contributed by atoms with van der Waals surface area (Å²) in [4.78, 5) is 34.3. The van der Waals surface area contributed by atoms with Gasteiger partial charge in [0, 0.05) is 89.7 Å². The Morgan fingerprint density at radius 1 is 0.968 bits per heavy atom. The van der Waals surface area contributed by atoms with Gasteiger partial charge in [-0.25, -0.2) is 4.79 Å². The molecule has 5 heterocycles. The SMILES string of the molecule is CN(C)C(=O)N1CCC(C(=O)NC2C3CN4CCN(C3)CC2(c2ccccc2)C4)CC1. The third kappa shape index (κ3) is 3.72. The average Bonchev–Trinajstić information content (AvgIpc) is 3.04. The summed E-state index contributed by atoms with van der Waals surface area (Å²) in [6, 6.07) is 11.1. The van der Waals surface area contributed by atoms with Crippen LogP contribution < -0.4 is 5.32 Å². The lowest BCUT2D eigenvalue weighted by molar-refractivity contribution is -0.129. The van der Waals surface area contributed by atoms with E-state index in [-0.39, 0.29) is 29.3 Å². The Morgan fingerprint density at radius 3 is 2.16 bits per heavy atom. The molecule has 168 valence electrons. The summed E-state index contributed by atoms with van der Waals surface area (Å²) >= 11 is 0. The van der Waals surface area contributed by atoms with Crippen LogP contribution in [0.3, 0.4) is 0 Å². The Labute approximate surface area is 185 Å². The van der Waals surface area contributed by atoms with Crippen LogP contribution in [-0.4, -0.2) is 104 Å². The first-order chi connectivity index (χ1) is 15.0. The molecule has 3 amide bonds. The van der Waals surface area contributed by atoms with Crippen molar-refractivity contribution >= 4 is 11.9 Å². The number of nitrogens with zero attached hydrogens (tertiary/aromatic N) is 4. The lowest BCUT2D eigenvalue weighted by atomic mass is 9.64. The molecule has 5 aliphatic heterocycles. The van der Waals surface area contributed by atoms with Crippen LogP contribution in [0.4, 0.5) is 4.79 Å². The predicted molar refractivity (Wildman–Crippen MR) is 120 cm³/mol. The summed E-state index contributed by atoms with van der Waals surface area (Å²) < 4.78 is 0. The van der Waals surface area contributed by atoms with E-state index < -0.39 is 0 Å². The number of carbonyl (C=O) groups excluding carboxylic acids is 2. The number of benzene rings is 1. The molecule has 1 aromatic carbocycles. The second-order valence-electron chi connectivity index (χ2n) is 10.2. The minimum atomic E-state index is -0.0455. The lowest BCUT2D eigenvalue weighted by Crippen LogP contribution is -2.71. The molecule has 3 atom stereocenters. The maximum absolute atomic E-state index is 13.4. The van der Waals surface area contributed by atoms with Crippen molar-refractivity contribution in [1.29, 1.82) is 0 Å². The van der Waals surface area contributed by atoms with E-state index in [4.69, 9.17) is 0 Å². The van der Waals surface area contributed by atoms with E-state index in [2.05, 4.69) is 45.4 Å². The van der Waals surface area contributed by atoms with Gasteiger partial charge in [-0.1, -0.05) is 30.3 Å². The van der Waals surface area contributed by atoms with Gasteiger partial charge in [-0.15, -0.1) is 0 Å². The Balaban J connectivity index is 1.33. The number of urea groups is 1. The fourth-order valence-electron chi connectivity index (χ4n) is 6.46. The molecule has 7 heteroatoms. The van der Waals surface area contributed by atoms with Gasteiger partial charge in [0.1, 0.15) is 0 Å². The van der Waals surface area contributed by atoms with Crippen LogP contribution in [0.25, 0.3) is 0 Å². The topological polar surface area (TPSA) is 59.1 Å². The summed E-state index contributed by atoms with van der Waals surface area (Å²) in [5.41, 5.74) is 1.31. The summed E-state index contributed by atoms with van der Waals surface area (Å²) in [6.07, 6.45) is 1.50. The van der Waals surface area contributed by atoms with Crippen LogP contribution in [-0.2, 0) is 10.2 Å². The fourth-order valence-corrected chi connectivity index (χ4v) is 6.46. The molecular weight excluding hydrogens is 390 g/mol. The highest BCUT2D eigenvalue weighted by Crippen LogP contribution is 2.43. The van der Waals surface area contributed by atoms with Crippen molar-refractivity contribution in [2.45, 2.75) is 24.3 Å². The van der Waals surface area contributed by atoms with Crippen LogP contribution in [0.15, 0.2) is 30.3 Å². The molecule has 3 unspecified atom stereocenters. The number of rotatable bonds is 3. The van der Waals surface area contributed by atoms with E-state index in [1.54, 1.807) is 19.0 Å². The summed E-state index contributed by atoms with van der Waals surface area (Å²) in [5.74, 6) is 0.650. The Morgan fingerprint density at radius 2 is 1.58 bits per heavy atom. The summed E-state index contributed by atoms with van der Waals surface area (Å²) in [5, 5.41) is 3.56. The summed E-state index contributed by atoms with van der Waals surface area (Å²) in [7, 11) is 3.57. The van der Waals surface area contributed by atoms with E-state index in [0.717, 1.165) is 52.1 Å². The summed E-state index contributed by atoms with van der Waals surface area (Å²) in [6.45, 7) is 7.77. The second-order valence-corrected chi connectivity index (χ2v) is 10.2. The zero-order valence-corrected chi connectivity index (χ0v) is 18.8. The highest BCUT2D eigenvalue weighted by atomic mass is 16.2. The van der Waals surface area contributed by atoms with E-state index in [9.17, 15) is 9.59 Å². The van der Waals surface area contributed by atoms with Crippen LogP contribution in [0.2, 0.25) is 0 Å². The van der Waals surface area contributed by atoms with Gasteiger partial charge in [-0.05, 0) is 18.4 Å². The number of amides is 3. The standard InChI is InChI=1S/C24H35N5O2/c1-26(2)23(31)29-10-8-18(9-11-29)22(30)25-21-19-14-27-12-13-28(15-19)17-24(21,16-27)20-6-4-3-5-7-20/h3-7,18-19,21H,8-17H2,1-2H3,(H,25,30). The van der Waals surface area contributed by atoms with Crippen molar-refractivity contribution in [2.24, 2.45) is 11.8 Å². The largest absolute Gasteiger partial charge is 0.352 e. The Kier molecular flexibility index (Phi) is 5.42. The molecule has 5 aliphatic rings. The number of hydrogen-bond acceptors (Lipinski definition) is 4. The highest BCUT2D eigenvalue weighted by Gasteiger charge is 2.55. The van der Waals surface area contributed by atoms with Crippen molar-refractivity contribution in [3.63, 3.8) is 0 Å². The first-order valence-corrected chi connectivity index (χ1v) is 11.7. The van der Waals surface area contributed by atoms with Gasteiger partial charge in [0.25, 0.3) is 0 Å². The second kappa shape index (κ2) is 8.10. The lowest BCUT2D eigenvalue weighted by Gasteiger charge is -2.56. The smallest absolute Gasteiger partial charge is 0.319 e. The van der Waals surface area contributed by atoms with E-state index >= 15 is 0 Å². The fraction of sp³-hybridized carbons (Fsp3) is 0.667. The molecule has 0 saturated carbocycles. The van der Waals surface area contributed by atoms with Crippen LogP contribution in [0.1, 0.15) is 18.4 Å². The van der Waals surface area contributed by atoms with Crippen LogP contribution in [0, 0.1) is 11.8 Å². The maximum Gasteiger partial charge on any atom is 0.319 e. The van der Waals surface area contributed by atoms with E-state index in [1.165, 1.54) is 5.56 Å². The first-order valence-electron chi connectivity index (χ1n) is 11.7. The number of fused-ring (bicyclic) bond motifs is 1. The Hall–Kier alpha value is -2.12. The van der Waals surface area contributed by atoms with Crippen molar-refractivity contribution in [1.82, 2.24) is 24.9 Å². The molecule has 5 fully saturated rings. The molecule has 31 heavy (non-hydrogen) atoms.